The van der Waals surface area contributed by atoms with E-state index in [0.29, 0.717) is 13.1 Å². The summed E-state index contributed by atoms with van der Waals surface area (Å²) in [5.74, 6) is -2.59. The van der Waals surface area contributed by atoms with Gasteiger partial charge in [-0.3, -0.25) is 4.90 Å². The minimum absolute atomic E-state index is 0.101. The van der Waals surface area contributed by atoms with E-state index in [4.69, 9.17) is 5.21 Å². The molecule has 92 valence electrons. The fraction of sp³-hybridized carbons (Fsp3) is 0.455. The Morgan fingerprint density at radius 3 is 2.47 bits per heavy atom. The number of likely N-dealkylation sites (tertiary alicyclic amines) is 1. The van der Waals surface area contributed by atoms with Crippen LogP contribution < -0.4 is 0 Å². The van der Waals surface area contributed by atoms with Gasteiger partial charge in [0.25, 0.3) is 10.8 Å². The molecule has 0 unspecified atom stereocenters. The van der Waals surface area contributed by atoms with E-state index < -0.39 is 5.92 Å². The molecule has 0 aliphatic carbocycles. The Hall–Kier alpha value is -1.56. The van der Waals surface area contributed by atoms with Crippen molar-refractivity contribution < 1.29 is 18.9 Å². The van der Waals surface area contributed by atoms with Crippen LogP contribution in [0.1, 0.15) is 12.0 Å². The number of halogens is 2. The fourth-order valence-corrected chi connectivity index (χ4v) is 1.93. The molecule has 1 aliphatic heterocycles. The summed E-state index contributed by atoms with van der Waals surface area (Å²) >= 11 is 0. The van der Waals surface area contributed by atoms with Gasteiger partial charge in [-0.05, 0) is 5.56 Å². The van der Waals surface area contributed by atoms with E-state index >= 15 is 0 Å². The molecule has 4 nitrogen and oxygen atoms in total. The molecule has 0 radical (unpaired) electrons. The van der Waals surface area contributed by atoms with Gasteiger partial charge in [0.2, 0.25) is 0 Å². The van der Waals surface area contributed by atoms with Crippen LogP contribution in [0.2, 0.25) is 0 Å². The first-order chi connectivity index (χ1) is 7.96. The van der Waals surface area contributed by atoms with Crippen molar-refractivity contribution in [3.63, 3.8) is 0 Å². The summed E-state index contributed by atoms with van der Waals surface area (Å²) in [6.45, 7) is 0.588. The van der Waals surface area contributed by atoms with Gasteiger partial charge in [-0.2, -0.15) is 0 Å². The van der Waals surface area contributed by atoms with Gasteiger partial charge in [-0.15, -0.1) is 0 Å². The highest BCUT2D eigenvalue weighted by Crippen LogP contribution is 2.27. The average molecular weight is 243 g/mol. The first kappa shape index (κ1) is 11.9. The van der Waals surface area contributed by atoms with E-state index in [0.717, 1.165) is 5.56 Å². The maximum atomic E-state index is 12.9. The molecule has 1 saturated heterocycles. The van der Waals surface area contributed by atoms with E-state index in [1.165, 1.54) is 12.1 Å². The Balaban J connectivity index is 1.98. The largest absolute Gasteiger partial charge is 0.316 e. The standard InChI is InChI=1S/C11H13F2N2O2/c12-11(13)5-6-14(8-11)7-9-1-3-10(4-2-9)15(16)17/h1-4H,5-8H2,(H,16,17)/q+1. The first-order valence-corrected chi connectivity index (χ1v) is 5.31. The highest BCUT2D eigenvalue weighted by Gasteiger charge is 2.37. The molecule has 1 aromatic carbocycles. The van der Waals surface area contributed by atoms with E-state index in [1.807, 2.05) is 0 Å². The third kappa shape index (κ3) is 2.97. The smallest absolute Gasteiger partial charge is 0.293 e. The van der Waals surface area contributed by atoms with Crippen LogP contribution in [0.3, 0.4) is 0 Å². The Labute approximate surface area is 97.0 Å². The Kier molecular flexibility index (Phi) is 3.06. The summed E-state index contributed by atoms with van der Waals surface area (Å²) in [7, 11) is 0. The van der Waals surface area contributed by atoms with Crippen LogP contribution in [-0.4, -0.2) is 34.0 Å². The topological polar surface area (TPSA) is 43.6 Å². The number of benzene rings is 1. The number of rotatable bonds is 3. The molecule has 0 atom stereocenters. The minimum atomic E-state index is -2.59. The van der Waals surface area contributed by atoms with Gasteiger partial charge < -0.3 is 0 Å². The van der Waals surface area contributed by atoms with Gasteiger partial charge in [0, 0.05) is 31.6 Å². The molecule has 17 heavy (non-hydrogen) atoms. The highest BCUT2D eigenvalue weighted by molar-refractivity contribution is 5.32. The minimum Gasteiger partial charge on any atom is -0.293 e. The van der Waals surface area contributed by atoms with Crippen molar-refractivity contribution in [2.75, 3.05) is 13.1 Å². The van der Waals surface area contributed by atoms with Crippen molar-refractivity contribution in [3.05, 3.63) is 34.7 Å². The molecule has 0 bridgehead atoms. The van der Waals surface area contributed by atoms with Gasteiger partial charge in [-0.1, -0.05) is 12.1 Å². The van der Waals surface area contributed by atoms with Crippen molar-refractivity contribution in [1.29, 1.82) is 0 Å². The Bertz CT molecular complexity index is 420. The molecule has 1 fully saturated rings. The summed E-state index contributed by atoms with van der Waals surface area (Å²) in [6.07, 6.45) is -0.101. The SMILES string of the molecule is O=[N+](O)c1ccc(CN2CCC(F)(F)C2)cc1. The van der Waals surface area contributed by atoms with Gasteiger partial charge in [0.05, 0.1) is 11.5 Å². The van der Waals surface area contributed by atoms with Crippen molar-refractivity contribution in [2.24, 2.45) is 0 Å². The van der Waals surface area contributed by atoms with Gasteiger partial charge >= 0.3 is 5.69 Å². The van der Waals surface area contributed by atoms with Gasteiger partial charge in [-0.25, -0.2) is 14.0 Å². The average Bonchev–Trinajstić information content (AvgIpc) is 2.59. The zero-order valence-electron chi connectivity index (χ0n) is 9.14. The summed E-state index contributed by atoms with van der Waals surface area (Å²) in [4.78, 5) is 12.0. The van der Waals surface area contributed by atoms with Crippen molar-refractivity contribution in [3.8, 4) is 0 Å². The van der Waals surface area contributed by atoms with Gasteiger partial charge in [0.1, 0.15) is 0 Å². The second-order valence-electron chi connectivity index (χ2n) is 4.26. The van der Waals surface area contributed by atoms with Crippen LogP contribution in [0.25, 0.3) is 0 Å². The fourth-order valence-electron chi connectivity index (χ4n) is 1.93. The summed E-state index contributed by atoms with van der Waals surface area (Å²) in [5.41, 5.74) is 0.966. The lowest BCUT2D eigenvalue weighted by molar-refractivity contribution is -0.729. The second-order valence-corrected chi connectivity index (χ2v) is 4.26. The maximum absolute atomic E-state index is 12.9. The highest BCUT2D eigenvalue weighted by atomic mass is 19.3. The zero-order chi connectivity index (χ0) is 12.5. The second kappa shape index (κ2) is 4.37. The molecule has 0 aromatic heterocycles. The predicted molar refractivity (Wildman–Crippen MR) is 56.4 cm³/mol. The van der Waals surface area contributed by atoms with Crippen LogP contribution in [0, 0.1) is 4.91 Å². The number of hydrogen-bond donors (Lipinski definition) is 1. The van der Waals surface area contributed by atoms with E-state index in [2.05, 4.69) is 0 Å². The molecule has 1 aromatic rings. The number of alkyl halides is 2. The number of nitrogens with zero attached hydrogens (tertiary/aromatic N) is 2. The predicted octanol–water partition coefficient (Wildman–Crippen LogP) is 2.33. The maximum Gasteiger partial charge on any atom is 0.316 e. The summed E-state index contributed by atoms with van der Waals surface area (Å²) in [5, 5.41) is 8.64. The molecule has 1 N–H and O–H groups in total. The zero-order valence-corrected chi connectivity index (χ0v) is 9.14. The lowest BCUT2D eigenvalue weighted by atomic mass is 10.2. The molecule has 0 amide bonds. The monoisotopic (exact) mass is 243 g/mol. The van der Waals surface area contributed by atoms with Crippen LogP contribution >= 0.6 is 0 Å². The summed E-state index contributed by atoms with van der Waals surface area (Å²) < 4.78 is 25.9. The normalized spacial score (nSPS) is 19.4. The van der Waals surface area contributed by atoms with Gasteiger partial charge in [0.15, 0.2) is 0 Å². The summed E-state index contributed by atoms with van der Waals surface area (Å²) in [6, 6.07) is 6.20. The van der Waals surface area contributed by atoms with Crippen molar-refractivity contribution in [2.45, 2.75) is 18.9 Å². The Morgan fingerprint density at radius 2 is 2.00 bits per heavy atom. The molecule has 1 aliphatic rings. The molecule has 0 spiro atoms. The third-order valence-corrected chi connectivity index (χ3v) is 2.81. The third-order valence-electron chi connectivity index (χ3n) is 2.81. The van der Waals surface area contributed by atoms with Crippen LogP contribution in [0.5, 0.6) is 0 Å². The van der Waals surface area contributed by atoms with Crippen LogP contribution in [-0.2, 0) is 6.54 Å². The van der Waals surface area contributed by atoms with E-state index in [1.54, 1.807) is 17.0 Å². The molecule has 6 heteroatoms. The lowest BCUT2D eigenvalue weighted by Gasteiger charge is -2.15. The van der Waals surface area contributed by atoms with E-state index in [-0.39, 0.29) is 23.6 Å². The van der Waals surface area contributed by atoms with Crippen LogP contribution in [0.15, 0.2) is 24.3 Å². The lowest BCUT2D eigenvalue weighted by Crippen LogP contribution is -2.24. The molecule has 2 rings (SSSR count). The van der Waals surface area contributed by atoms with Crippen molar-refractivity contribution in [1.82, 2.24) is 4.90 Å². The molecular weight excluding hydrogens is 230 g/mol. The van der Waals surface area contributed by atoms with E-state index in [9.17, 15) is 13.7 Å². The molecule has 1 heterocycles. The molecular formula is C11H13F2N2O2+. The number of hydrogen-bond acceptors (Lipinski definition) is 2. The Morgan fingerprint density at radius 1 is 1.35 bits per heavy atom. The van der Waals surface area contributed by atoms with Crippen molar-refractivity contribution >= 4 is 5.69 Å². The molecule has 0 saturated carbocycles. The quantitative estimate of drug-likeness (QED) is 0.828. The van der Waals surface area contributed by atoms with Crippen LogP contribution in [0.4, 0.5) is 14.5 Å². The first-order valence-electron chi connectivity index (χ1n) is 5.31.